The maximum atomic E-state index is 12.5. The van der Waals surface area contributed by atoms with Crippen LogP contribution in [0.1, 0.15) is 18.7 Å². The Morgan fingerprint density at radius 3 is 2.68 bits per heavy atom. The van der Waals surface area contributed by atoms with Crippen molar-refractivity contribution in [2.24, 2.45) is 0 Å². The number of amides is 1. The van der Waals surface area contributed by atoms with Crippen molar-refractivity contribution < 1.29 is 9.53 Å². The second-order valence-electron chi connectivity index (χ2n) is 6.42. The minimum absolute atomic E-state index is 0.134. The zero-order valence-electron chi connectivity index (χ0n) is 14.3. The largest absolute Gasteiger partial charge is 0.368 e. The molecule has 1 atom stereocenters. The Labute approximate surface area is 146 Å². The topological polar surface area (TPSA) is 76.4 Å². The third kappa shape index (κ3) is 3.34. The fraction of sp³-hybridized carbons (Fsp3) is 0.529. The van der Waals surface area contributed by atoms with Gasteiger partial charge >= 0.3 is 0 Å². The lowest BCUT2D eigenvalue weighted by molar-refractivity contribution is -0.141. The van der Waals surface area contributed by atoms with Crippen LogP contribution in [0.25, 0.3) is 5.82 Å². The van der Waals surface area contributed by atoms with Gasteiger partial charge in [-0.05, 0) is 19.8 Å². The van der Waals surface area contributed by atoms with E-state index in [2.05, 4.69) is 19.9 Å². The molecule has 2 aliphatic rings. The van der Waals surface area contributed by atoms with Crippen LogP contribution >= 0.6 is 0 Å². The summed E-state index contributed by atoms with van der Waals surface area (Å²) in [7, 11) is 0. The molecule has 2 fully saturated rings. The summed E-state index contributed by atoms with van der Waals surface area (Å²) in [5, 5.41) is 0. The number of hydrogen-bond donors (Lipinski definition) is 0. The van der Waals surface area contributed by atoms with Crippen LogP contribution in [0.4, 0.5) is 5.82 Å². The van der Waals surface area contributed by atoms with Gasteiger partial charge in [-0.3, -0.25) is 9.36 Å². The smallest absolute Gasteiger partial charge is 0.251 e. The molecular formula is C17H22N6O2. The van der Waals surface area contributed by atoms with Gasteiger partial charge in [0.25, 0.3) is 5.91 Å². The van der Waals surface area contributed by atoms with Gasteiger partial charge in [-0.25, -0.2) is 15.0 Å². The van der Waals surface area contributed by atoms with Crippen molar-refractivity contribution in [2.75, 3.05) is 37.7 Å². The standard InChI is InChI=1S/C17H22N6O2/c1-13-19-15(11-16(20-13)23-5-4-18-12-23)21-6-8-22(9-7-21)17(24)14-3-2-10-25-14/h4-5,11-12,14H,2-3,6-10H2,1H3. The number of imidazole rings is 1. The van der Waals surface area contributed by atoms with Crippen LogP contribution in [0.2, 0.25) is 0 Å². The minimum Gasteiger partial charge on any atom is -0.368 e. The molecule has 0 aliphatic carbocycles. The Kier molecular flexibility index (Phi) is 4.35. The highest BCUT2D eigenvalue weighted by Gasteiger charge is 2.30. The van der Waals surface area contributed by atoms with E-state index in [1.807, 2.05) is 28.7 Å². The minimum atomic E-state index is -0.235. The van der Waals surface area contributed by atoms with Crippen LogP contribution in [0.3, 0.4) is 0 Å². The number of nitrogens with zero attached hydrogens (tertiary/aromatic N) is 6. The van der Waals surface area contributed by atoms with Gasteiger partial charge in [0.05, 0.1) is 0 Å². The second-order valence-corrected chi connectivity index (χ2v) is 6.42. The molecule has 0 radical (unpaired) electrons. The monoisotopic (exact) mass is 342 g/mol. The first-order valence-corrected chi connectivity index (χ1v) is 8.70. The highest BCUT2D eigenvalue weighted by molar-refractivity contribution is 5.81. The molecular weight excluding hydrogens is 320 g/mol. The summed E-state index contributed by atoms with van der Waals surface area (Å²) >= 11 is 0. The molecule has 0 N–H and O–H groups in total. The molecule has 0 aromatic carbocycles. The van der Waals surface area contributed by atoms with Crippen molar-refractivity contribution in [1.82, 2.24) is 24.4 Å². The molecule has 2 aromatic rings. The average Bonchev–Trinajstić information content (AvgIpc) is 3.34. The number of rotatable bonds is 3. The number of carbonyl (C=O) groups is 1. The molecule has 132 valence electrons. The molecule has 0 bridgehead atoms. The highest BCUT2D eigenvalue weighted by Crippen LogP contribution is 2.20. The van der Waals surface area contributed by atoms with Gasteiger partial charge in [0.2, 0.25) is 0 Å². The summed E-state index contributed by atoms with van der Waals surface area (Å²) in [6, 6.07) is 1.96. The number of ether oxygens (including phenoxy) is 1. The molecule has 8 heteroatoms. The predicted octanol–water partition coefficient (Wildman–Crippen LogP) is 0.798. The summed E-state index contributed by atoms with van der Waals surface area (Å²) in [6.07, 6.45) is 6.91. The maximum Gasteiger partial charge on any atom is 0.251 e. The van der Waals surface area contributed by atoms with Crippen LogP contribution < -0.4 is 4.90 Å². The van der Waals surface area contributed by atoms with Crippen LogP contribution in [0.5, 0.6) is 0 Å². The number of aryl methyl sites for hydroxylation is 1. The number of aromatic nitrogens is 4. The molecule has 25 heavy (non-hydrogen) atoms. The first kappa shape index (κ1) is 16.0. The lowest BCUT2D eigenvalue weighted by Crippen LogP contribution is -2.51. The van der Waals surface area contributed by atoms with Gasteiger partial charge in [0, 0.05) is 51.2 Å². The zero-order chi connectivity index (χ0) is 17.2. The second kappa shape index (κ2) is 6.79. The number of piperazine rings is 1. The van der Waals surface area contributed by atoms with Crippen molar-refractivity contribution in [1.29, 1.82) is 0 Å². The Balaban J connectivity index is 1.45. The number of anilines is 1. The summed E-state index contributed by atoms with van der Waals surface area (Å²) in [5.74, 6) is 2.55. The Bertz CT molecular complexity index is 734. The Hall–Kier alpha value is -2.48. The van der Waals surface area contributed by atoms with Crippen molar-refractivity contribution in [3.63, 3.8) is 0 Å². The summed E-state index contributed by atoms with van der Waals surface area (Å²) < 4.78 is 7.39. The van der Waals surface area contributed by atoms with E-state index in [1.165, 1.54) is 0 Å². The molecule has 2 aliphatic heterocycles. The van der Waals surface area contributed by atoms with Crippen LogP contribution in [0.15, 0.2) is 24.8 Å². The lowest BCUT2D eigenvalue weighted by atomic mass is 10.2. The Morgan fingerprint density at radius 1 is 1.20 bits per heavy atom. The highest BCUT2D eigenvalue weighted by atomic mass is 16.5. The quantitative estimate of drug-likeness (QED) is 0.821. The fourth-order valence-electron chi connectivity index (χ4n) is 3.36. The van der Waals surface area contributed by atoms with Gasteiger partial charge < -0.3 is 14.5 Å². The van der Waals surface area contributed by atoms with E-state index in [1.54, 1.807) is 12.5 Å². The van der Waals surface area contributed by atoms with Crippen molar-refractivity contribution in [2.45, 2.75) is 25.9 Å². The zero-order valence-corrected chi connectivity index (χ0v) is 14.3. The molecule has 0 saturated carbocycles. The number of hydrogen-bond acceptors (Lipinski definition) is 6. The maximum absolute atomic E-state index is 12.5. The molecule has 1 unspecified atom stereocenters. The van der Waals surface area contributed by atoms with Gasteiger partial charge in [-0.1, -0.05) is 0 Å². The van der Waals surface area contributed by atoms with Crippen molar-refractivity contribution >= 4 is 11.7 Å². The Morgan fingerprint density at radius 2 is 2.00 bits per heavy atom. The summed E-state index contributed by atoms with van der Waals surface area (Å²) in [5.41, 5.74) is 0. The van der Waals surface area contributed by atoms with E-state index in [4.69, 9.17) is 4.74 Å². The fourth-order valence-corrected chi connectivity index (χ4v) is 3.36. The van der Waals surface area contributed by atoms with E-state index in [0.717, 1.165) is 43.4 Å². The molecule has 2 saturated heterocycles. The van der Waals surface area contributed by atoms with Crippen LogP contribution in [-0.2, 0) is 9.53 Å². The summed E-state index contributed by atoms with van der Waals surface area (Å²) in [4.78, 5) is 29.7. The van der Waals surface area contributed by atoms with E-state index in [9.17, 15) is 4.79 Å². The molecule has 0 spiro atoms. The third-order valence-electron chi connectivity index (χ3n) is 4.70. The SMILES string of the molecule is Cc1nc(N2CCN(C(=O)C3CCCO3)CC2)cc(-n2ccnc2)n1. The molecule has 4 rings (SSSR count). The van der Waals surface area contributed by atoms with Gasteiger partial charge in [-0.2, -0.15) is 0 Å². The molecule has 4 heterocycles. The lowest BCUT2D eigenvalue weighted by Gasteiger charge is -2.36. The average molecular weight is 342 g/mol. The first-order valence-electron chi connectivity index (χ1n) is 8.70. The van der Waals surface area contributed by atoms with Gasteiger partial charge in [0.15, 0.2) is 0 Å². The van der Waals surface area contributed by atoms with Crippen molar-refractivity contribution in [3.8, 4) is 5.82 Å². The van der Waals surface area contributed by atoms with Crippen LogP contribution in [-0.4, -0.2) is 69.2 Å². The molecule has 1 amide bonds. The van der Waals surface area contributed by atoms with E-state index in [0.29, 0.717) is 19.7 Å². The predicted molar refractivity (Wildman–Crippen MR) is 91.7 cm³/mol. The van der Waals surface area contributed by atoms with Gasteiger partial charge in [-0.15, -0.1) is 0 Å². The van der Waals surface area contributed by atoms with E-state index in [-0.39, 0.29) is 12.0 Å². The summed E-state index contributed by atoms with van der Waals surface area (Å²) in [6.45, 7) is 5.51. The third-order valence-corrected chi connectivity index (χ3v) is 4.70. The normalized spacial score (nSPS) is 20.9. The van der Waals surface area contributed by atoms with Crippen molar-refractivity contribution in [3.05, 3.63) is 30.6 Å². The molecule has 2 aromatic heterocycles. The number of carbonyl (C=O) groups excluding carboxylic acids is 1. The van der Waals surface area contributed by atoms with E-state index < -0.39 is 0 Å². The first-order chi connectivity index (χ1) is 12.2. The van der Waals surface area contributed by atoms with E-state index >= 15 is 0 Å². The molecule has 8 nitrogen and oxygen atoms in total. The van der Waals surface area contributed by atoms with Crippen LogP contribution in [0, 0.1) is 6.92 Å². The van der Waals surface area contributed by atoms with Gasteiger partial charge in [0.1, 0.15) is 29.9 Å².